The van der Waals surface area contributed by atoms with Crippen LogP contribution < -0.4 is 0 Å². The number of rotatable bonds is 4. The van der Waals surface area contributed by atoms with Crippen LogP contribution in [-0.2, 0) is 9.47 Å². The number of hydrogen-bond acceptors (Lipinski definition) is 2. The largest absolute Gasteiger partial charge is 0.459 e. The average molecular weight is 180 g/mol. The zero-order chi connectivity index (χ0) is 9.26. The molecule has 1 atom stereocenters. The smallest absolute Gasteiger partial charge is 0.230 e. The van der Waals surface area contributed by atoms with Gasteiger partial charge in [-0.3, -0.25) is 0 Å². The minimum absolute atomic E-state index is 0.399. The molecule has 13 heavy (non-hydrogen) atoms. The molecule has 0 N–H and O–H groups in total. The highest BCUT2D eigenvalue weighted by Crippen LogP contribution is 2.41. The van der Waals surface area contributed by atoms with Crippen molar-refractivity contribution in [3.05, 3.63) is 24.2 Å². The first-order valence-electron chi connectivity index (χ1n) is 4.89. The molecule has 1 aliphatic carbocycles. The molecule has 0 aromatic rings. The van der Waals surface area contributed by atoms with E-state index in [-0.39, 0.29) is 0 Å². The van der Waals surface area contributed by atoms with E-state index in [2.05, 4.69) is 12.7 Å². The summed E-state index contributed by atoms with van der Waals surface area (Å²) in [5.74, 6) is 3.41. The van der Waals surface area contributed by atoms with Crippen molar-refractivity contribution in [2.24, 2.45) is 11.8 Å². The first-order valence-corrected chi connectivity index (χ1v) is 4.89. The van der Waals surface area contributed by atoms with Crippen LogP contribution in [0.2, 0.25) is 0 Å². The van der Waals surface area contributed by atoms with Gasteiger partial charge in [-0.25, -0.2) is 0 Å². The Morgan fingerprint density at radius 2 is 2.31 bits per heavy atom. The number of hydrogen-bond donors (Lipinski definition) is 0. The van der Waals surface area contributed by atoms with Crippen LogP contribution in [0.1, 0.15) is 26.2 Å². The molecule has 0 spiro atoms. The average Bonchev–Trinajstić information content (AvgIpc) is 2.88. The Kier molecular flexibility index (Phi) is 2.30. The number of ether oxygens (including phenoxy) is 2. The van der Waals surface area contributed by atoms with Crippen LogP contribution in [0.25, 0.3) is 0 Å². The van der Waals surface area contributed by atoms with Gasteiger partial charge in [0, 0.05) is 6.42 Å². The minimum Gasteiger partial charge on any atom is -0.459 e. The number of allylic oxidation sites excluding steroid dienone is 3. The fourth-order valence-corrected chi connectivity index (χ4v) is 1.75. The summed E-state index contributed by atoms with van der Waals surface area (Å²) in [6.45, 7) is 6.24. The summed E-state index contributed by atoms with van der Waals surface area (Å²) in [4.78, 5) is 0. The monoisotopic (exact) mass is 180 g/mol. The van der Waals surface area contributed by atoms with Gasteiger partial charge in [0.25, 0.3) is 0 Å². The van der Waals surface area contributed by atoms with Crippen molar-refractivity contribution in [1.82, 2.24) is 0 Å². The van der Waals surface area contributed by atoms with Crippen LogP contribution in [-0.4, -0.2) is 6.79 Å². The lowest BCUT2D eigenvalue weighted by molar-refractivity contribution is 0.0680. The van der Waals surface area contributed by atoms with Gasteiger partial charge in [-0.1, -0.05) is 6.08 Å². The predicted molar refractivity (Wildman–Crippen MR) is 50.8 cm³/mol. The normalized spacial score (nSPS) is 23.8. The van der Waals surface area contributed by atoms with Crippen LogP contribution >= 0.6 is 0 Å². The molecule has 2 rings (SSSR count). The maximum Gasteiger partial charge on any atom is 0.230 e. The van der Waals surface area contributed by atoms with Crippen molar-refractivity contribution in [1.29, 1.82) is 0 Å². The summed E-state index contributed by atoms with van der Waals surface area (Å²) < 4.78 is 10.6. The van der Waals surface area contributed by atoms with Crippen molar-refractivity contribution in [3.63, 3.8) is 0 Å². The second-order valence-electron chi connectivity index (χ2n) is 3.83. The molecule has 0 radical (unpaired) electrons. The van der Waals surface area contributed by atoms with E-state index in [4.69, 9.17) is 9.47 Å². The summed E-state index contributed by atoms with van der Waals surface area (Å²) in [5.41, 5.74) is 0. The molecule has 0 saturated heterocycles. The molecule has 0 aromatic carbocycles. The minimum atomic E-state index is 0.399. The molecule has 2 nitrogen and oxygen atoms in total. The van der Waals surface area contributed by atoms with Crippen molar-refractivity contribution in [3.8, 4) is 0 Å². The Bertz CT molecular complexity index is 238. The third-order valence-corrected chi connectivity index (χ3v) is 2.85. The molecule has 1 heterocycles. The molecular formula is C11H16O2. The Morgan fingerprint density at radius 3 is 2.77 bits per heavy atom. The van der Waals surface area contributed by atoms with E-state index < -0.39 is 0 Å². The first-order chi connectivity index (χ1) is 6.31. The maximum atomic E-state index is 5.39. The van der Waals surface area contributed by atoms with Gasteiger partial charge in [-0.15, -0.1) is 6.58 Å². The summed E-state index contributed by atoms with van der Waals surface area (Å²) in [6.07, 6.45) is 5.73. The second kappa shape index (κ2) is 3.44. The Balaban J connectivity index is 1.94. The van der Waals surface area contributed by atoms with Gasteiger partial charge in [0.15, 0.2) is 0 Å². The van der Waals surface area contributed by atoms with E-state index in [1.54, 1.807) is 0 Å². The van der Waals surface area contributed by atoms with E-state index in [0.717, 1.165) is 23.9 Å². The van der Waals surface area contributed by atoms with Gasteiger partial charge < -0.3 is 9.47 Å². The van der Waals surface area contributed by atoms with E-state index in [9.17, 15) is 0 Å². The summed E-state index contributed by atoms with van der Waals surface area (Å²) in [7, 11) is 0. The van der Waals surface area contributed by atoms with Crippen LogP contribution in [0.3, 0.4) is 0 Å². The van der Waals surface area contributed by atoms with E-state index in [0.29, 0.717) is 12.7 Å². The molecule has 0 unspecified atom stereocenters. The summed E-state index contributed by atoms with van der Waals surface area (Å²) in [6, 6.07) is 0. The van der Waals surface area contributed by atoms with Crippen molar-refractivity contribution in [2.45, 2.75) is 26.2 Å². The zero-order valence-corrected chi connectivity index (χ0v) is 8.08. The van der Waals surface area contributed by atoms with E-state index >= 15 is 0 Å². The first kappa shape index (κ1) is 8.67. The molecule has 2 heteroatoms. The highest BCUT2D eigenvalue weighted by molar-refractivity contribution is 5.06. The SMILES string of the molecule is C=C[C@H](CC1=C(C)OCO1)C1CC1. The molecule has 0 bridgehead atoms. The molecule has 2 aliphatic rings. The predicted octanol–water partition coefficient (Wildman–Crippen LogP) is 2.82. The topological polar surface area (TPSA) is 18.5 Å². The third-order valence-electron chi connectivity index (χ3n) is 2.85. The molecule has 1 aliphatic heterocycles. The molecule has 1 saturated carbocycles. The fourth-order valence-electron chi connectivity index (χ4n) is 1.75. The van der Waals surface area contributed by atoms with Gasteiger partial charge in [-0.05, 0) is 31.6 Å². The van der Waals surface area contributed by atoms with Crippen LogP contribution in [0.15, 0.2) is 24.2 Å². The van der Waals surface area contributed by atoms with Gasteiger partial charge in [0.05, 0.1) is 0 Å². The lowest BCUT2D eigenvalue weighted by atomic mass is 9.98. The molecule has 1 fully saturated rings. The van der Waals surface area contributed by atoms with Gasteiger partial charge >= 0.3 is 0 Å². The Labute approximate surface area is 79.2 Å². The summed E-state index contributed by atoms with van der Waals surface area (Å²) >= 11 is 0. The maximum absolute atomic E-state index is 5.39. The van der Waals surface area contributed by atoms with Crippen LogP contribution in [0.4, 0.5) is 0 Å². The highest BCUT2D eigenvalue weighted by atomic mass is 16.7. The third kappa shape index (κ3) is 1.87. The molecular weight excluding hydrogens is 164 g/mol. The van der Waals surface area contributed by atoms with Crippen molar-refractivity contribution >= 4 is 0 Å². The Hall–Kier alpha value is -0.920. The highest BCUT2D eigenvalue weighted by Gasteiger charge is 2.31. The molecule has 72 valence electrons. The van der Waals surface area contributed by atoms with Crippen molar-refractivity contribution < 1.29 is 9.47 Å². The van der Waals surface area contributed by atoms with Gasteiger partial charge in [0.2, 0.25) is 6.79 Å². The van der Waals surface area contributed by atoms with E-state index in [1.165, 1.54) is 12.8 Å². The summed E-state index contributed by atoms with van der Waals surface area (Å²) in [5, 5.41) is 0. The quantitative estimate of drug-likeness (QED) is 0.619. The molecule has 0 amide bonds. The van der Waals surface area contributed by atoms with E-state index in [1.807, 2.05) is 6.92 Å². The van der Waals surface area contributed by atoms with Gasteiger partial charge in [0.1, 0.15) is 11.5 Å². The fraction of sp³-hybridized carbons (Fsp3) is 0.636. The Morgan fingerprint density at radius 1 is 1.54 bits per heavy atom. The van der Waals surface area contributed by atoms with Crippen LogP contribution in [0, 0.1) is 11.8 Å². The second-order valence-corrected chi connectivity index (χ2v) is 3.83. The lowest BCUT2D eigenvalue weighted by Gasteiger charge is -2.10. The van der Waals surface area contributed by atoms with Gasteiger partial charge in [-0.2, -0.15) is 0 Å². The lowest BCUT2D eigenvalue weighted by Crippen LogP contribution is -2.01. The zero-order valence-electron chi connectivity index (χ0n) is 8.08. The molecule has 0 aromatic heterocycles. The standard InChI is InChI=1S/C11H16O2/c1-3-9(10-4-5-10)6-11-8(2)12-7-13-11/h3,9-10H,1,4-7H2,2H3/t9-/m1/s1. The van der Waals surface area contributed by atoms with Crippen molar-refractivity contribution in [2.75, 3.05) is 6.79 Å². The van der Waals surface area contributed by atoms with Crippen LogP contribution in [0.5, 0.6) is 0 Å².